The highest BCUT2D eigenvalue weighted by molar-refractivity contribution is 7.00. The van der Waals surface area contributed by atoms with E-state index < -0.39 is 149 Å². The Labute approximate surface area is 671 Å². The van der Waals surface area contributed by atoms with Crippen LogP contribution in [0.25, 0.3) is 118 Å². The molecule has 0 saturated heterocycles. The van der Waals surface area contributed by atoms with Gasteiger partial charge < -0.3 is 14.4 Å². The molecule has 9 nitrogen and oxygen atoms in total. The number of hydrogen-bond donors (Lipinski definition) is 0. The molecule has 3 aromatic heterocycles. The van der Waals surface area contributed by atoms with E-state index in [2.05, 4.69) is 134 Å². The summed E-state index contributed by atoms with van der Waals surface area (Å²) in [5.74, 6) is -0.0274. The van der Waals surface area contributed by atoms with Crippen LogP contribution in [0, 0.1) is 0 Å². The third-order valence-corrected chi connectivity index (χ3v) is 20.9. The zero-order valence-electron chi connectivity index (χ0n) is 81.1. The Morgan fingerprint density at radius 1 is 0.273 bits per heavy atom. The lowest BCUT2D eigenvalue weighted by atomic mass is 9.33. The van der Waals surface area contributed by atoms with E-state index in [1.54, 1.807) is 6.07 Å². The quantitative estimate of drug-likeness (QED) is 0.118. The van der Waals surface area contributed by atoms with Crippen LogP contribution >= 0.6 is 0 Å². The van der Waals surface area contributed by atoms with Crippen LogP contribution in [0.4, 0.5) is 34.1 Å². The van der Waals surface area contributed by atoms with Crippen molar-refractivity contribution in [1.29, 1.82) is 0 Å². The third kappa shape index (κ3) is 12.4. The zero-order valence-corrected chi connectivity index (χ0v) is 63.1. The molecule has 0 radical (unpaired) electrons. The fourth-order valence-corrected chi connectivity index (χ4v) is 15.1. The minimum atomic E-state index is -0.783. The van der Waals surface area contributed by atoms with Gasteiger partial charge in [-0.1, -0.05) is 319 Å². The lowest BCUT2D eigenvalue weighted by Crippen LogP contribution is -2.61. The maximum absolute atomic E-state index is 9.89. The Morgan fingerprint density at radius 2 is 0.645 bits per heavy atom. The second kappa shape index (κ2) is 26.6. The lowest BCUT2D eigenvalue weighted by Gasteiger charge is -2.45. The summed E-state index contributed by atoms with van der Waals surface area (Å²) in [7, 11) is 0. The first-order valence-corrected chi connectivity index (χ1v) is 36.9. The van der Waals surface area contributed by atoms with Gasteiger partial charge in [0.2, 0.25) is 0 Å². The van der Waals surface area contributed by atoms with Crippen molar-refractivity contribution in [2.75, 3.05) is 9.80 Å². The first-order chi connectivity index (χ1) is 60.5. The smallest absolute Gasteiger partial charge is 0.252 e. The third-order valence-electron chi connectivity index (χ3n) is 20.9. The van der Waals surface area contributed by atoms with Crippen molar-refractivity contribution < 1.29 is 24.7 Å². The average molecular weight is 1440 g/mol. The summed E-state index contributed by atoms with van der Waals surface area (Å²) < 4.78 is 169. The molecule has 0 aliphatic carbocycles. The van der Waals surface area contributed by atoms with Crippen molar-refractivity contribution in [3.05, 3.63) is 325 Å². The van der Waals surface area contributed by atoms with Gasteiger partial charge in [-0.2, -0.15) is 0 Å². The monoisotopic (exact) mass is 1440 g/mol. The number of fused-ring (bicyclic) bond motifs is 7. The van der Waals surface area contributed by atoms with E-state index in [1.165, 1.54) is 4.57 Å². The summed E-state index contributed by atoms with van der Waals surface area (Å²) >= 11 is 0. The zero-order chi connectivity index (χ0) is 91.2. The largest absolute Gasteiger partial charge is 0.311 e. The molecule has 2 aliphatic heterocycles. The molecule has 16 aromatic rings. The van der Waals surface area contributed by atoms with Crippen LogP contribution in [0.2, 0.25) is 0 Å². The number of nitrogens with zero attached hydrogens (tertiary/aromatic N) is 9. The average Bonchev–Trinajstić information content (AvgIpc) is 1.33. The van der Waals surface area contributed by atoms with E-state index >= 15 is 0 Å². The Kier molecular flexibility index (Phi) is 12.5. The highest BCUT2D eigenvalue weighted by Gasteiger charge is 2.46. The van der Waals surface area contributed by atoms with Crippen molar-refractivity contribution in [1.82, 2.24) is 34.5 Å². The minimum Gasteiger partial charge on any atom is -0.311 e. The Hall–Kier alpha value is -12.7. The molecule has 13 aromatic carbocycles. The molecular weight excluding hydrogens is 1340 g/mol. The molecule has 110 heavy (non-hydrogen) atoms. The van der Waals surface area contributed by atoms with E-state index in [4.69, 9.17) is 40.9 Å². The van der Waals surface area contributed by atoms with Crippen LogP contribution in [0.3, 0.4) is 0 Å². The Balaban J connectivity index is 1.04. The molecule has 0 N–H and O–H groups in total. The van der Waals surface area contributed by atoms with E-state index in [0.717, 1.165) is 61.1 Å². The van der Waals surface area contributed by atoms with Crippen LogP contribution in [-0.2, 0) is 21.7 Å². The summed E-state index contributed by atoms with van der Waals surface area (Å²) in [6.07, 6.45) is 0. The molecule has 0 spiro atoms. The maximum atomic E-state index is 9.89. The highest BCUT2D eigenvalue weighted by atomic mass is 15.2. The van der Waals surface area contributed by atoms with Gasteiger partial charge in [-0.05, 0) is 149 Å². The molecule has 0 amide bonds. The first-order valence-electron chi connectivity index (χ1n) is 45.9. The number of para-hydroxylation sites is 2. The van der Waals surface area contributed by atoms with Crippen LogP contribution in [0.15, 0.2) is 303 Å². The fourth-order valence-electron chi connectivity index (χ4n) is 15.1. The summed E-state index contributed by atoms with van der Waals surface area (Å²) in [4.78, 5) is 35.8. The molecule has 2 aliphatic rings. The van der Waals surface area contributed by atoms with Crippen molar-refractivity contribution in [2.45, 2.75) is 105 Å². The van der Waals surface area contributed by atoms with Gasteiger partial charge in [0.05, 0.1) is 47.1 Å². The highest BCUT2D eigenvalue weighted by Crippen LogP contribution is 2.52. The van der Waals surface area contributed by atoms with Gasteiger partial charge in [0, 0.05) is 72.6 Å². The van der Waals surface area contributed by atoms with E-state index in [0.29, 0.717) is 68.1 Å². The first kappa shape index (κ1) is 51.6. The van der Waals surface area contributed by atoms with Gasteiger partial charge in [-0.15, -0.1) is 0 Å². The molecule has 534 valence electrons. The Morgan fingerprint density at radius 3 is 1.09 bits per heavy atom. The molecule has 0 unspecified atom stereocenters. The van der Waals surface area contributed by atoms with Crippen molar-refractivity contribution in [3.8, 4) is 96.3 Å². The van der Waals surface area contributed by atoms with Gasteiger partial charge in [0.25, 0.3) is 6.71 Å². The summed E-state index contributed by atoms with van der Waals surface area (Å²) in [5, 5.41) is -0.289. The normalized spacial score (nSPS) is 15.1. The number of benzene rings is 13. The van der Waals surface area contributed by atoms with Crippen molar-refractivity contribution in [3.63, 3.8) is 0 Å². The van der Waals surface area contributed by atoms with Gasteiger partial charge >= 0.3 is 0 Å². The van der Waals surface area contributed by atoms with Crippen molar-refractivity contribution in [2.24, 2.45) is 0 Å². The molecule has 0 fully saturated rings. The molecule has 0 atom stereocenters. The number of aromatic nitrogens is 7. The second-order valence-corrected chi connectivity index (χ2v) is 32.3. The topological polar surface area (TPSA) is 88.8 Å². The lowest BCUT2D eigenvalue weighted by molar-refractivity contribution is 0.569. The number of anilines is 6. The fraction of sp³-hybridized carbons (Fsp3) is 0.160. The van der Waals surface area contributed by atoms with Gasteiger partial charge in [-0.3, -0.25) is 0 Å². The van der Waals surface area contributed by atoms with Gasteiger partial charge in [-0.25, -0.2) is 29.9 Å². The molecule has 0 bridgehead atoms. The molecular formula is C100H86BN9. The van der Waals surface area contributed by atoms with Crippen LogP contribution in [0.1, 0.15) is 130 Å². The maximum Gasteiger partial charge on any atom is 0.252 e. The van der Waals surface area contributed by atoms with Gasteiger partial charge in [0.15, 0.2) is 34.9 Å². The molecule has 0 saturated carbocycles. The number of hydrogen-bond acceptors (Lipinski definition) is 8. The second-order valence-electron chi connectivity index (χ2n) is 32.3. The summed E-state index contributed by atoms with van der Waals surface area (Å²) in [6.45, 7) is 25.0. The predicted octanol–water partition coefficient (Wildman–Crippen LogP) is 23.8. The van der Waals surface area contributed by atoms with Crippen molar-refractivity contribution >= 4 is 79.0 Å². The molecule has 10 heteroatoms. The summed E-state index contributed by atoms with van der Waals surface area (Å²) in [5.41, 5.74) is 12.3. The predicted molar refractivity (Wildman–Crippen MR) is 460 cm³/mol. The number of rotatable bonds is 11. The van der Waals surface area contributed by atoms with E-state index in [9.17, 15) is 13.7 Å². The van der Waals surface area contributed by atoms with Crippen LogP contribution in [0.5, 0.6) is 0 Å². The van der Waals surface area contributed by atoms with E-state index in [1.807, 2.05) is 147 Å². The van der Waals surface area contributed by atoms with Gasteiger partial charge in [0.1, 0.15) is 0 Å². The van der Waals surface area contributed by atoms with Crippen LogP contribution < -0.4 is 26.2 Å². The standard InChI is InChI=1S/C100H86BN9/c1-97(2,3)71-47-52-84(78(60-71)95-104-91(64-34-20-14-21-35-64)102-92(105-95)65-36-22-15-23-37-65)109-86-56-68(69-54-73(99(7,8)9)59-74(55-69)100(10,11)12)46-50-80(86)101-81-51-49-75(108-82-44-30-28-42-76(82)77-43-29-31-45-83(77)108)62-87(81)110(89-58-70(57-88(109)90(89)101)63-32-18-13-19-33-63)85-53-48-72(98(4,5)6)61-79(85)96-106-93(66-38-24-16-25-39-66)103-94(107-96)67-40-26-17-27-41-67/h13-62H,1-12H3/i16D,17D,24D,25D,26D,27D,28D,29D,30D,31D,38D,39D,40D,41D,42D,43D,44D,45D. The minimum absolute atomic E-state index is 0.135. The molecule has 18 rings (SSSR count). The Bertz CT molecular complexity index is 7120. The SMILES string of the molecule is [2H]c1c([2H])c([2H])c(-c2nc(-c3cc(C(C)(C)C)ccc3N3c4cc(-n5c6c([2H])c([2H])c([2H])c([2H])c6c6c([2H])c([2H])c([2H])c([2H])c65)ccc4B4c5ccc(-c6cc(C(C)(C)C)cc(C(C)(C)C)c6)cc5N(c5ccc(C(C)(C)C)cc5-c5nc(-c6ccccc6)nc(-c6ccccc6)n5)c5cc(-c6ccccc6)cc3c54)nc(-c3c([2H])c([2H])c([2H])c([2H])c3[2H])n2)c([2H])c1[2H]. The van der Waals surface area contributed by atoms with E-state index in [-0.39, 0.29) is 49.7 Å². The summed E-state index contributed by atoms with van der Waals surface area (Å²) in [6, 6.07) is 53.2. The molecule has 5 heterocycles. The van der Waals surface area contributed by atoms with Crippen LogP contribution in [-0.4, -0.2) is 41.2 Å².